The predicted molar refractivity (Wildman–Crippen MR) is 83.7 cm³/mol. The largest absolute Gasteiger partial charge is 0.458 e. The Labute approximate surface area is 141 Å². The summed E-state index contributed by atoms with van der Waals surface area (Å²) in [5.74, 6) is -0.0410. The number of hydrogen-bond donors (Lipinski definition) is 1. The second kappa shape index (κ2) is 6.85. The number of carbonyl (C=O) groups excluding carboxylic acids is 1. The van der Waals surface area contributed by atoms with Gasteiger partial charge in [0.05, 0.1) is 16.5 Å². The van der Waals surface area contributed by atoms with Crippen LogP contribution in [0.2, 0.25) is 0 Å². The van der Waals surface area contributed by atoms with Crippen molar-refractivity contribution in [2.24, 2.45) is 5.92 Å². The van der Waals surface area contributed by atoms with Gasteiger partial charge >= 0.3 is 12.1 Å². The molecule has 25 heavy (non-hydrogen) atoms. The van der Waals surface area contributed by atoms with Crippen LogP contribution in [-0.4, -0.2) is 15.9 Å². The molecule has 8 heteroatoms. The molecule has 0 atom stereocenters. The van der Waals surface area contributed by atoms with Crippen molar-refractivity contribution in [2.75, 3.05) is 0 Å². The van der Waals surface area contributed by atoms with Crippen LogP contribution in [0.15, 0.2) is 23.0 Å². The highest BCUT2D eigenvalue weighted by molar-refractivity contribution is 5.78. The molecule has 0 radical (unpaired) electrons. The Balaban J connectivity index is 1.75. The molecular weight excluding hydrogens is 337 g/mol. The fourth-order valence-electron chi connectivity index (χ4n) is 3.09. The van der Waals surface area contributed by atoms with Crippen LogP contribution in [0, 0.1) is 5.92 Å². The van der Waals surface area contributed by atoms with E-state index in [1.165, 1.54) is 0 Å². The van der Waals surface area contributed by atoms with Crippen LogP contribution < -0.4 is 5.56 Å². The lowest BCUT2D eigenvalue weighted by Gasteiger charge is -2.10. The summed E-state index contributed by atoms with van der Waals surface area (Å²) in [5.41, 5.74) is -1.54. The van der Waals surface area contributed by atoms with Crippen molar-refractivity contribution in [2.45, 2.75) is 44.9 Å². The van der Waals surface area contributed by atoms with E-state index in [9.17, 15) is 22.8 Å². The third-order valence-electron chi connectivity index (χ3n) is 4.38. The van der Waals surface area contributed by atoms with Crippen LogP contribution in [0.3, 0.4) is 0 Å². The van der Waals surface area contributed by atoms with E-state index in [4.69, 9.17) is 4.74 Å². The van der Waals surface area contributed by atoms with Gasteiger partial charge in [0, 0.05) is 6.42 Å². The summed E-state index contributed by atoms with van der Waals surface area (Å²) in [7, 11) is 0. The maximum atomic E-state index is 12.8. The van der Waals surface area contributed by atoms with E-state index in [0.29, 0.717) is 12.3 Å². The summed E-state index contributed by atoms with van der Waals surface area (Å²) in [6.45, 7) is -0.271. The number of ether oxygens (including phenoxy) is 1. The zero-order valence-electron chi connectivity index (χ0n) is 13.4. The maximum Gasteiger partial charge on any atom is 0.416 e. The molecule has 0 spiro atoms. The molecule has 1 aromatic carbocycles. The fourth-order valence-corrected chi connectivity index (χ4v) is 3.09. The molecule has 0 saturated heterocycles. The molecule has 0 bridgehead atoms. The molecule has 0 aliphatic heterocycles. The van der Waals surface area contributed by atoms with Gasteiger partial charge in [0.15, 0.2) is 0 Å². The Kier molecular flexibility index (Phi) is 4.78. The zero-order valence-corrected chi connectivity index (χ0v) is 13.4. The van der Waals surface area contributed by atoms with Gasteiger partial charge < -0.3 is 9.72 Å². The zero-order chi connectivity index (χ0) is 18.0. The van der Waals surface area contributed by atoms with Gasteiger partial charge in [-0.15, -0.1) is 0 Å². The maximum absolute atomic E-state index is 12.8. The number of nitrogens with one attached hydrogen (secondary N) is 1. The van der Waals surface area contributed by atoms with Crippen molar-refractivity contribution >= 4 is 16.9 Å². The molecule has 1 aliphatic carbocycles. The second-order valence-electron chi connectivity index (χ2n) is 6.26. The number of benzene rings is 1. The Morgan fingerprint density at radius 2 is 2.00 bits per heavy atom. The smallest absolute Gasteiger partial charge is 0.416 e. The molecule has 2 aromatic rings. The number of aromatic nitrogens is 2. The normalized spacial score (nSPS) is 15.6. The van der Waals surface area contributed by atoms with Crippen molar-refractivity contribution in [3.8, 4) is 0 Å². The highest BCUT2D eigenvalue weighted by Gasteiger charge is 2.30. The van der Waals surface area contributed by atoms with Gasteiger partial charge in [0.2, 0.25) is 0 Å². The molecule has 0 unspecified atom stereocenters. The van der Waals surface area contributed by atoms with E-state index in [2.05, 4.69) is 9.97 Å². The SMILES string of the molecule is O=C(CC1CCCC1)OCc1nc2cc(C(F)(F)F)ccc2c(=O)[nH]1. The average molecular weight is 354 g/mol. The number of alkyl halides is 3. The van der Waals surface area contributed by atoms with E-state index in [1.54, 1.807) is 0 Å². The number of rotatable bonds is 4. The van der Waals surface area contributed by atoms with E-state index < -0.39 is 23.3 Å². The molecule has 1 fully saturated rings. The Morgan fingerprint density at radius 1 is 1.28 bits per heavy atom. The molecule has 1 N–H and O–H groups in total. The van der Waals surface area contributed by atoms with Gasteiger partial charge in [0.25, 0.3) is 5.56 Å². The highest BCUT2D eigenvalue weighted by Crippen LogP contribution is 2.30. The van der Waals surface area contributed by atoms with E-state index in [1.807, 2.05) is 0 Å². The van der Waals surface area contributed by atoms with Gasteiger partial charge in [-0.1, -0.05) is 12.8 Å². The predicted octanol–water partition coefficient (Wildman–Crippen LogP) is 3.57. The van der Waals surface area contributed by atoms with Crippen molar-refractivity contribution < 1.29 is 22.7 Å². The molecule has 134 valence electrons. The van der Waals surface area contributed by atoms with E-state index >= 15 is 0 Å². The Morgan fingerprint density at radius 3 is 2.68 bits per heavy atom. The number of hydrogen-bond acceptors (Lipinski definition) is 4. The molecule has 1 saturated carbocycles. The number of esters is 1. The van der Waals surface area contributed by atoms with Crippen LogP contribution in [-0.2, 0) is 22.3 Å². The first-order valence-corrected chi connectivity index (χ1v) is 8.09. The van der Waals surface area contributed by atoms with Gasteiger partial charge in [-0.05, 0) is 37.0 Å². The minimum Gasteiger partial charge on any atom is -0.458 e. The second-order valence-corrected chi connectivity index (χ2v) is 6.26. The Bertz CT molecular complexity index is 839. The number of carbonyl (C=O) groups is 1. The first-order valence-electron chi connectivity index (χ1n) is 8.09. The summed E-state index contributed by atoms with van der Waals surface area (Å²) in [6.07, 6.45) is 0.0151. The fraction of sp³-hybridized carbons (Fsp3) is 0.471. The van der Waals surface area contributed by atoms with Crippen molar-refractivity contribution in [1.29, 1.82) is 0 Å². The summed E-state index contributed by atoms with van der Waals surface area (Å²) in [6, 6.07) is 2.73. The van der Waals surface area contributed by atoms with Gasteiger partial charge in [-0.3, -0.25) is 9.59 Å². The number of nitrogens with zero attached hydrogens (tertiary/aromatic N) is 1. The summed E-state index contributed by atoms with van der Waals surface area (Å²) in [4.78, 5) is 30.2. The van der Waals surface area contributed by atoms with Gasteiger partial charge in [-0.25, -0.2) is 4.98 Å². The van der Waals surface area contributed by atoms with Crippen LogP contribution in [0.25, 0.3) is 10.9 Å². The molecule has 3 rings (SSSR count). The first kappa shape index (κ1) is 17.4. The van der Waals surface area contributed by atoms with E-state index in [0.717, 1.165) is 43.9 Å². The van der Waals surface area contributed by atoms with Gasteiger partial charge in [-0.2, -0.15) is 13.2 Å². The lowest BCUT2D eigenvalue weighted by molar-refractivity contribution is -0.146. The third-order valence-corrected chi connectivity index (χ3v) is 4.38. The molecule has 1 aromatic heterocycles. The van der Waals surface area contributed by atoms with Crippen LogP contribution in [0.5, 0.6) is 0 Å². The quantitative estimate of drug-likeness (QED) is 0.852. The minimum absolute atomic E-state index is 0.0246. The Hall–Kier alpha value is -2.38. The molecule has 1 aliphatic rings. The van der Waals surface area contributed by atoms with Crippen molar-refractivity contribution in [1.82, 2.24) is 9.97 Å². The monoisotopic (exact) mass is 354 g/mol. The number of fused-ring (bicyclic) bond motifs is 1. The number of H-pyrrole nitrogens is 1. The molecular formula is C17H17F3N2O3. The van der Waals surface area contributed by atoms with Crippen LogP contribution >= 0.6 is 0 Å². The average Bonchev–Trinajstić information content (AvgIpc) is 3.04. The standard InChI is InChI=1S/C17H17F3N2O3/c18-17(19,20)11-5-6-12-13(8-11)21-14(22-16(12)24)9-25-15(23)7-10-3-1-2-4-10/h5-6,8,10H,1-4,7,9H2,(H,21,22,24). The minimum atomic E-state index is -4.52. The van der Waals surface area contributed by atoms with Crippen LogP contribution in [0.4, 0.5) is 13.2 Å². The first-order chi connectivity index (χ1) is 11.8. The topological polar surface area (TPSA) is 72.0 Å². The third kappa shape index (κ3) is 4.18. The van der Waals surface area contributed by atoms with Gasteiger partial charge in [0.1, 0.15) is 12.4 Å². The summed E-state index contributed by atoms with van der Waals surface area (Å²) in [5, 5.41) is 0.0500. The summed E-state index contributed by atoms with van der Waals surface area (Å²) < 4.78 is 43.4. The molecule has 5 nitrogen and oxygen atoms in total. The molecule has 0 amide bonds. The van der Waals surface area contributed by atoms with Crippen molar-refractivity contribution in [3.63, 3.8) is 0 Å². The highest BCUT2D eigenvalue weighted by atomic mass is 19.4. The number of halogens is 3. The van der Waals surface area contributed by atoms with Crippen molar-refractivity contribution in [3.05, 3.63) is 39.9 Å². The lowest BCUT2D eigenvalue weighted by Crippen LogP contribution is -2.16. The van der Waals surface area contributed by atoms with E-state index in [-0.39, 0.29) is 23.3 Å². The van der Waals surface area contributed by atoms with Crippen LogP contribution in [0.1, 0.15) is 43.5 Å². The molecule has 1 heterocycles. The lowest BCUT2D eigenvalue weighted by atomic mass is 10.1. The summed E-state index contributed by atoms with van der Waals surface area (Å²) >= 11 is 0. The number of aromatic amines is 1.